The van der Waals surface area contributed by atoms with Crippen LogP contribution in [0.3, 0.4) is 0 Å². The van der Waals surface area contributed by atoms with Crippen molar-refractivity contribution in [3.8, 4) is 0 Å². The maximum absolute atomic E-state index is 3.00. The molecular weight excluding hydrogens is 192 g/mol. The van der Waals surface area contributed by atoms with E-state index in [1.807, 2.05) is 13.8 Å². The second kappa shape index (κ2) is 6.73. The molecule has 1 saturated carbocycles. The van der Waals surface area contributed by atoms with Gasteiger partial charge in [-0.05, 0) is 35.7 Å². The lowest BCUT2D eigenvalue weighted by Gasteiger charge is -2.15. The average Bonchev–Trinajstić information content (AvgIpc) is 2.88. The Bertz CT molecular complexity index is 249. The lowest BCUT2D eigenvalue weighted by atomic mass is 9.90. The molecule has 2 rings (SSSR count). The molecule has 2 unspecified atom stereocenters. The second-order valence-corrected chi connectivity index (χ2v) is 4.50. The summed E-state index contributed by atoms with van der Waals surface area (Å²) in [6.45, 7) is 17.1. The lowest BCUT2D eigenvalue weighted by molar-refractivity contribution is 0.601. The predicted molar refractivity (Wildman–Crippen MR) is 75.5 cm³/mol. The van der Waals surface area contributed by atoms with Crippen LogP contribution in [0.4, 0.5) is 0 Å². The van der Waals surface area contributed by atoms with Crippen molar-refractivity contribution < 1.29 is 0 Å². The van der Waals surface area contributed by atoms with Crippen molar-refractivity contribution in [2.45, 2.75) is 47.5 Å². The van der Waals surface area contributed by atoms with Gasteiger partial charge < -0.3 is 0 Å². The third-order valence-electron chi connectivity index (χ3n) is 4.15. The molecule has 0 aromatic heterocycles. The molecule has 0 amide bonds. The molecule has 2 aliphatic carbocycles. The highest BCUT2D eigenvalue weighted by Crippen LogP contribution is 2.63. The Labute approximate surface area is 102 Å². The van der Waals surface area contributed by atoms with Gasteiger partial charge in [-0.25, -0.2) is 0 Å². The standard InChI is InChI=1S/C12H18.C2H6.C2H4/c1-9-10(2)12(9,3)11-7-5-4-6-8-11;2*1-2/h5,7-10H,4,6H2,1-3H3;1-2H3;1-2H2/t9-,10?,12?;;/m1../s1. The summed E-state index contributed by atoms with van der Waals surface area (Å²) >= 11 is 0. The fraction of sp³-hybridized carbons (Fsp3) is 0.625. The third kappa shape index (κ3) is 2.66. The summed E-state index contributed by atoms with van der Waals surface area (Å²) in [6, 6.07) is 0. The van der Waals surface area contributed by atoms with Crippen LogP contribution < -0.4 is 0 Å². The van der Waals surface area contributed by atoms with E-state index in [1.165, 1.54) is 12.8 Å². The number of hydrogen-bond donors (Lipinski definition) is 0. The monoisotopic (exact) mass is 220 g/mol. The highest BCUT2D eigenvalue weighted by atomic mass is 14.6. The van der Waals surface area contributed by atoms with E-state index in [0.29, 0.717) is 5.41 Å². The molecule has 0 aromatic carbocycles. The predicted octanol–water partition coefficient (Wildman–Crippen LogP) is 5.38. The van der Waals surface area contributed by atoms with Crippen LogP contribution >= 0.6 is 0 Å². The minimum absolute atomic E-state index is 0.511. The highest BCUT2D eigenvalue weighted by Gasteiger charge is 2.56. The van der Waals surface area contributed by atoms with E-state index in [1.54, 1.807) is 5.57 Å². The van der Waals surface area contributed by atoms with Crippen LogP contribution in [0.25, 0.3) is 0 Å². The molecule has 92 valence electrons. The summed E-state index contributed by atoms with van der Waals surface area (Å²) in [6.07, 6.45) is 9.57. The van der Waals surface area contributed by atoms with E-state index in [4.69, 9.17) is 0 Å². The molecule has 0 heteroatoms. The average molecular weight is 220 g/mol. The van der Waals surface area contributed by atoms with Gasteiger partial charge in [-0.2, -0.15) is 0 Å². The van der Waals surface area contributed by atoms with Crippen LogP contribution in [-0.2, 0) is 0 Å². The maximum Gasteiger partial charge on any atom is -0.00216 e. The Morgan fingerprint density at radius 1 is 1.12 bits per heavy atom. The van der Waals surface area contributed by atoms with Crippen molar-refractivity contribution in [2.24, 2.45) is 17.3 Å². The fourth-order valence-corrected chi connectivity index (χ4v) is 2.52. The molecule has 0 bridgehead atoms. The first-order valence-electron chi connectivity index (χ1n) is 6.54. The summed E-state index contributed by atoms with van der Waals surface area (Å²) in [7, 11) is 0. The highest BCUT2D eigenvalue weighted by molar-refractivity contribution is 5.36. The summed E-state index contributed by atoms with van der Waals surface area (Å²) in [4.78, 5) is 0. The molecule has 2 aliphatic rings. The second-order valence-electron chi connectivity index (χ2n) is 4.50. The van der Waals surface area contributed by atoms with Gasteiger partial charge in [0.05, 0.1) is 0 Å². The molecule has 0 nitrogen and oxygen atoms in total. The lowest BCUT2D eigenvalue weighted by Crippen LogP contribution is -2.03. The van der Waals surface area contributed by atoms with Gasteiger partial charge in [-0.1, -0.05) is 52.8 Å². The maximum atomic E-state index is 3.00. The number of hydrogen-bond acceptors (Lipinski definition) is 0. The molecular formula is C16H28. The van der Waals surface area contributed by atoms with Gasteiger partial charge in [0.1, 0.15) is 0 Å². The van der Waals surface area contributed by atoms with E-state index in [-0.39, 0.29) is 0 Å². The van der Waals surface area contributed by atoms with Gasteiger partial charge in [0.25, 0.3) is 0 Å². The first-order valence-corrected chi connectivity index (χ1v) is 6.54. The summed E-state index contributed by atoms with van der Waals surface area (Å²) < 4.78 is 0. The Hall–Kier alpha value is -0.780. The fourth-order valence-electron chi connectivity index (χ4n) is 2.52. The van der Waals surface area contributed by atoms with Gasteiger partial charge in [0.2, 0.25) is 0 Å². The molecule has 0 aromatic rings. The van der Waals surface area contributed by atoms with Gasteiger partial charge in [-0.3, -0.25) is 0 Å². The van der Waals surface area contributed by atoms with Crippen molar-refractivity contribution in [1.29, 1.82) is 0 Å². The zero-order valence-corrected chi connectivity index (χ0v) is 11.7. The molecule has 0 radical (unpaired) electrons. The molecule has 0 heterocycles. The van der Waals surface area contributed by atoms with Crippen molar-refractivity contribution in [3.05, 3.63) is 37.0 Å². The summed E-state index contributed by atoms with van der Waals surface area (Å²) in [5.74, 6) is 1.76. The van der Waals surface area contributed by atoms with Crippen molar-refractivity contribution in [1.82, 2.24) is 0 Å². The first-order chi connectivity index (χ1) is 7.67. The molecule has 16 heavy (non-hydrogen) atoms. The van der Waals surface area contributed by atoms with Gasteiger partial charge >= 0.3 is 0 Å². The van der Waals surface area contributed by atoms with Crippen LogP contribution in [0.5, 0.6) is 0 Å². The van der Waals surface area contributed by atoms with E-state index < -0.39 is 0 Å². The Morgan fingerprint density at radius 3 is 1.94 bits per heavy atom. The summed E-state index contributed by atoms with van der Waals surface area (Å²) in [5, 5.41) is 0. The zero-order valence-electron chi connectivity index (χ0n) is 11.7. The topological polar surface area (TPSA) is 0 Å². The molecule has 0 spiro atoms. The zero-order chi connectivity index (χ0) is 12.8. The quantitative estimate of drug-likeness (QED) is 0.520. The Kier molecular flexibility index (Phi) is 6.40. The Morgan fingerprint density at radius 2 is 1.62 bits per heavy atom. The smallest absolute Gasteiger partial charge is 0.00216 e. The van der Waals surface area contributed by atoms with Crippen molar-refractivity contribution in [3.63, 3.8) is 0 Å². The van der Waals surface area contributed by atoms with E-state index >= 15 is 0 Å². The Balaban J connectivity index is 0.000000509. The van der Waals surface area contributed by atoms with E-state index in [0.717, 1.165) is 11.8 Å². The molecule has 0 saturated heterocycles. The van der Waals surface area contributed by atoms with Crippen LogP contribution in [0.1, 0.15) is 47.5 Å². The van der Waals surface area contributed by atoms with Crippen LogP contribution in [0.2, 0.25) is 0 Å². The van der Waals surface area contributed by atoms with Crippen LogP contribution in [0, 0.1) is 17.3 Å². The number of rotatable bonds is 1. The van der Waals surface area contributed by atoms with Crippen molar-refractivity contribution >= 4 is 0 Å². The third-order valence-corrected chi connectivity index (χ3v) is 4.15. The summed E-state index contributed by atoms with van der Waals surface area (Å²) in [5.41, 5.74) is 2.10. The normalized spacial score (nSPS) is 34.9. The van der Waals surface area contributed by atoms with Gasteiger partial charge in [0.15, 0.2) is 0 Å². The minimum atomic E-state index is 0.511. The number of allylic oxidation sites excluding steroid dienone is 4. The molecule has 0 N–H and O–H groups in total. The molecule has 0 aliphatic heterocycles. The van der Waals surface area contributed by atoms with Crippen LogP contribution in [0.15, 0.2) is 37.0 Å². The van der Waals surface area contributed by atoms with Crippen molar-refractivity contribution in [2.75, 3.05) is 0 Å². The SMILES string of the molecule is C=C.CC.CC1[C@@H](C)C1(C)C1=CCCC=C1. The first kappa shape index (κ1) is 15.2. The van der Waals surface area contributed by atoms with E-state index in [9.17, 15) is 0 Å². The minimum Gasteiger partial charge on any atom is -0.106 e. The largest absolute Gasteiger partial charge is 0.106 e. The van der Waals surface area contributed by atoms with Crippen LogP contribution in [-0.4, -0.2) is 0 Å². The van der Waals surface area contributed by atoms with E-state index in [2.05, 4.69) is 52.2 Å². The molecule has 3 atom stereocenters. The van der Waals surface area contributed by atoms with Gasteiger partial charge in [0, 0.05) is 0 Å². The molecule has 1 fully saturated rings. The van der Waals surface area contributed by atoms with Gasteiger partial charge in [-0.15, -0.1) is 13.2 Å².